The largest absolute Gasteiger partial charge is 0.484 e. The van der Waals surface area contributed by atoms with Crippen molar-refractivity contribution < 1.29 is 17.9 Å². The van der Waals surface area contributed by atoms with E-state index in [0.717, 1.165) is 10.7 Å². The standard InChI is InChI=1S/C18H23F3N4OS.HI/c1-4-22-17(24-10-16-25-12(2)13(3)27-16)23-9-14-7-5-6-8-15(14)26-11-18(19,20)21;/h5-8H,4,9-11H2,1-3H3,(H2,22,23,24);1H. The predicted molar refractivity (Wildman–Crippen MR) is 117 cm³/mol. The Morgan fingerprint density at radius 2 is 1.93 bits per heavy atom. The minimum atomic E-state index is -4.38. The van der Waals surface area contributed by atoms with Gasteiger partial charge in [-0.25, -0.2) is 9.98 Å². The third-order valence-electron chi connectivity index (χ3n) is 3.60. The van der Waals surface area contributed by atoms with Crippen molar-refractivity contribution >= 4 is 41.3 Å². The van der Waals surface area contributed by atoms with Crippen LogP contribution in [-0.2, 0) is 13.1 Å². The quantitative estimate of drug-likeness (QED) is 0.314. The number of guanidine groups is 1. The summed E-state index contributed by atoms with van der Waals surface area (Å²) < 4.78 is 42.1. The molecule has 156 valence electrons. The Balaban J connectivity index is 0.00000392. The highest BCUT2D eigenvalue weighted by Crippen LogP contribution is 2.22. The lowest BCUT2D eigenvalue weighted by molar-refractivity contribution is -0.153. The number of hydrogen-bond donors (Lipinski definition) is 2. The lowest BCUT2D eigenvalue weighted by Gasteiger charge is -2.13. The number of aromatic nitrogens is 1. The van der Waals surface area contributed by atoms with Crippen LogP contribution >= 0.6 is 35.3 Å². The van der Waals surface area contributed by atoms with Crippen LogP contribution in [0.2, 0.25) is 0 Å². The molecule has 0 fully saturated rings. The van der Waals surface area contributed by atoms with Gasteiger partial charge in [0.05, 0.1) is 18.8 Å². The monoisotopic (exact) mass is 528 g/mol. The smallest absolute Gasteiger partial charge is 0.422 e. The van der Waals surface area contributed by atoms with Gasteiger partial charge in [0, 0.05) is 17.0 Å². The van der Waals surface area contributed by atoms with Gasteiger partial charge in [-0.1, -0.05) is 18.2 Å². The minimum absolute atomic E-state index is 0. The van der Waals surface area contributed by atoms with Gasteiger partial charge in [0.25, 0.3) is 0 Å². The van der Waals surface area contributed by atoms with Crippen LogP contribution in [0.25, 0.3) is 0 Å². The van der Waals surface area contributed by atoms with E-state index in [4.69, 9.17) is 4.74 Å². The summed E-state index contributed by atoms with van der Waals surface area (Å²) in [5.41, 5.74) is 1.59. The molecule has 28 heavy (non-hydrogen) atoms. The number of nitrogens with one attached hydrogen (secondary N) is 2. The molecule has 10 heteroatoms. The van der Waals surface area contributed by atoms with E-state index in [1.54, 1.807) is 29.5 Å². The number of benzene rings is 1. The van der Waals surface area contributed by atoms with Gasteiger partial charge >= 0.3 is 6.18 Å². The molecule has 1 aromatic heterocycles. The first-order chi connectivity index (χ1) is 12.8. The Morgan fingerprint density at radius 3 is 2.54 bits per heavy atom. The number of aliphatic imine (C=N–C) groups is 1. The second-order valence-corrected chi connectivity index (χ2v) is 7.10. The first-order valence-corrected chi connectivity index (χ1v) is 9.32. The second kappa shape index (κ2) is 11.4. The topological polar surface area (TPSA) is 58.5 Å². The van der Waals surface area contributed by atoms with Crippen LogP contribution in [0, 0.1) is 13.8 Å². The van der Waals surface area contributed by atoms with Crippen molar-refractivity contribution in [3.8, 4) is 5.75 Å². The van der Waals surface area contributed by atoms with E-state index in [1.165, 1.54) is 10.9 Å². The molecule has 0 aliphatic heterocycles. The SMILES string of the molecule is CCNC(=NCc1ccccc1OCC(F)(F)F)NCc1nc(C)c(C)s1.I. The van der Waals surface area contributed by atoms with Gasteiger partial charge in [0.15, 0.2) is 12.6 Å². The fraction of sp³-hybridized carbons (Fsp3) is 0.444. The van der Waals surface area contributed by atoms with Crippen LogP contribution in [0.5, 0.6) is 5.75 Å². The molecule has 2 aromatic rings. The molecule has 0 spiro atoms. The van der Waals surface area contributed by atoms with E-state index in [2.05, 4.69) is 20.6 Å². The van der Waals surface area contributed by atoms with Crippen LogP contribution in [0.1, 0.15) is 28.1 Å². The average Bonchev–Trinajstić information content (AvgIpc) is 2.93. The van der Waals surface area contributed by atoms with Crippen molar-refractivity contribution in [2.24, 2.45) is 4.99 Å². The molecule has 0 bridgehead atoms. The molecule has 0 radical (unpaired) electrons. The van der Waals surface area contributed by atoms with E-state index in [0.29, 0.717) is 24.6 Å². The maximum atomic E-state index is 12.4. The molecule has 1 heterocycles. The molecule has 2 N–H and O–H groups in total. The molecule has 2 rings (SSSR count). The van der Waals surface area contributed by atoms with Crippen LogP contribution in [0.4, 0.5) is 13.2 Å². The van der Waals surface area contributed by atoms with E-state index in [9.17, 15) is 13.2 Å². The van der Waals surface area contributed by atoms with Crippen molar-refractivity contribution in [1.29, 1.82) is 0 Å². The normalized spacial score (nSPS) is 11.7. The van der Waals surface area contributed by atoms with Crippen molar-refractivity contribution in [3.05, 3.63) is 45.4 Å². The van der Waals surface area contributed by atoms with Gasteiger partial charge < -0.3 is 15.4 Å². The molecule has 5 nitrogen and oxygen atoms in total. The summed E-state index contributed by atoms with van der Waals surface area (Å²) >= 11 is 1.62. The minimum Gasteiger partial charge on any atom is -0.484 e. The highest BCUT2D eigenvalue weighted by molar-refractivity contribution is 14.0. The zero-order valence-electron chi connectivity index (χ0n) is 15.9. The summed E-state index contributed by atoms with van der Waals surface area (Å²) in [6.45, 7) is 5.98. The highest BCUT2D eigenvalue weighted by Gasteiger charge is 2.28. The number of ether oxygens (including phenoxy) is 1. The molecule has 0 aliphatic carbocycles. The average molecular weight is 528 g/mol. The van der Waals surface area contributed by atoms with E-state index >= 15 is 0 Å². The van der Waals surface area contributed by atoms with Gasteiger partial charge in [0.2, 0.25) is 0 Å². The summed E-state index contributed by atoms with van der Waals surface area (Å²) in [5, 5.41) is 7.25. The molecule has 0 unspecified atom stereocenters. The lowest BCUT2D eigenvalue weighted by atomic mass is 10.2. The Hall–Kier alpha value is -1.56. The van der Waals surface area contributed by atoms with E-state index in [-0.39, 0.29) is 36.3 Å². The molecule has 0 atom stereocenters. The predicted octanol–water partition coefficient (Wildman–Crippen LogP) is 4.57. The Morgan fingerprint density at radius 1 is 1.21 bits per heavy atom. The Bertz CT molecular complexity index is 761. The maximum Gasteiger partial charge on any atom is 0.422 e. The summed E-state index contributed by atoms with van der Waals surface area (Å²) in [6.07, 6.45) is -4.38. The highest BCUT2D eigenvalue weighted by atomic mass is 127. The third-order valence-corrected chi connectivity index (χ3v) is 4.67. The van der Waals surface area contributed by atoms with Crippen LogP contribution in [0.3, 0.4) is 0 Å². The molecular weight excluding hydrogens is 504 g/mol. The van der Waals surface area contributed by atoms with Gasteiger partial charge in [-0.3, -0.25) is 0 Å². The van der Waals surface area contributed by atoms with Crippen molar-refractivity contribution in [3.63, 3.8) is 0 Å². The molecule has 0 saturated carbocycles. The molecule has 0 saturated heterocycles. The Kier molecular flexibility index (Phi) is 10.0. The number of nitrogens with zero attached hydrogens (tertiary/aromatic N) is 2. The number of aryl methyl sites for hydroxylation is 2. The van der Waals surface area contributed by atoms with Gasteiger partial charge in [-0.15, -0.1) is 35.3 Å². The third kappa shape index (κ3) is 8.21. The number of rotatable bonds is 7. The molecule has 0 amide bonds. The van der Waals surface area contributed by atoms with E-state index < -0.39 is 12.8 Å². The van der Waals surface area contributed by atoms with Crippen LogP contribution in [-0.4, -0.2) is 30.3 Å². The van der Waals surface area contributed by atoms with Crippen LogP contribution in [0.15, 0.2) is 29.3 Å². The van der Waals surface area contributed by atoms with Gasteiger partial charge in [-0.05, 0) is 26.8 Å². The first-order valence-electron chi connectivity index (χ1n) is 8.51. The van der Waals surface area contributed by atoms with E-state index in [1.807, 2.05) is 20.8 Å². The van der Waals surface area contributed by atoms with Crippen molar-refractivity contribution in [2.45, 2.75) is 40.0 Å². The number of para-hydroxylation sites is 1. The lowest BCUT2D eigenvalue weighted by Crippen LogP contribution is -2.36. The number of halogens is 4. The number of alkyl halides is 3. The maximum absolute atomic E-state index is 12.4. The fourth-order valence-corrected chi connectivity index (χ4v) is 3.09. The van der Waals surface area contributed by atoms with Crippen LogP contribution < -0.4 is 15.4 Å². The number of hydrogen-bond acceptors (Lipinski definition) is 4. The molecule has 0 aliphatic rings. The van der Waals surface area contributed by atoms with Gasteiger partial charge in [0.1, 0.15) is 10.8 Å². The summed E-state index contributed by atoms with van der Waals surface area (Å²) in [6, 6.07) is 6.59. The van der Waals surface area contributed by atoms with Crippen molar-refractivity contribution in [2.75, 3.05) is 13.2 Å². The molecule has 1 aromatic carbocycles. The second-order valence-electron chi connectivity index (χ2n) is 5.81. The van der Waals surface area contributed by atoms with Crippen molar-refractivity contribution in [1.82, 2.24) is 15.6 Å². The first kappa shape index (κ1) is 24.5. The fourth-order valence-electron chi connectivity index (χ4n) is 2.21. The Labute approximate surface area is 183 Å². The van der Waals surface area contributed by atoms with Gasteiger partial charge in [-0.2, -0.15) is 13.2 Å². The number of thiazole rings is 1. The zero-order valence-corrected chi connectivity index (χ0v) is 19.0. The summed E-state index contributed by atoms with van der Waals surface area (Å²) in [5.74, 6) is 0.745. The zero-order chi connectivity index (χ0) is 19.9. The summed E-state index contributed by atoms with van der Waals surface area (Å²) in [4.78, 5) is 10.1. The summed E-state index contributed by atoms with van der Waals surface area (Å²) in [7, 11) is 0. The molecular formula is C18H24F3IN4OS.